The molecule has 3 aromatic rings. The molecule has 6 heteroatoms. The molecule has 1 aromatic heterocycles. The molecule has 1 N–H and O–H groups in total. The summed E-state index contributed by atoms with van der Waals surface area (Å²) in [5, 5.41) is 8.78. The highest BCUT2D eigenvalue weighted by atomic mass is 79.9. The minimum atomic E-state index is 0.519. The van der Waals surface area contributed by atoms with E-state index in [2.05, 4.69) is 26.1 Å². The SMILES string of the molecule is Clc1cc(Br)cc(Oc2c(Cl)ccc3[nH]ncc23)c1. The van der Waals surface area contributed by atoms with Crippen molar-refractivity contribution in [3.8, 4) is 11.5 Å². The molecule has 0 spiro atoms. The second-order valence-electron chi connectivity index (χ2n) is 3.91. The fourth-order valence-electron chi connectivity index (χ4n) is 1.77. The molecule has 3 rings (SSSR count). The van der Waals surface area contributed by atoms with Crippen molar-refractivity contribution in [3.63, 3.8) is 0 Å². The van der Waals surface area contributed by atoms with Crippen LogP contribution in [0.1, 0.15) is 0 Å². The van der Waals surface area contributed by atoms with Gasteiger partial charge in [-0.2, -0.15) is 5.10 Å². The van der Waals surface area contributed by atoms with E-state index in [4.69, 9.17) is 27.9 Å². The molecular formula is C13H7BrCl2N2O. The van der Waals surface area contributed by atoms with Crippen molar-refractivity contribution in [3.05, 3.63) is 51.0 Å². The van der Waals surface area contributed by atoms with Crippen LogP contribution < -0.4 is 4.74 Å². The molecule has 0 fully saturated rings. The van der Waals surface area contributed by atoms with Gasteiger partial charge in [0.05, 0.1) is 22.1 Å². The minimum Gasteiger partial charge on any atom is -0.455 e. The Morgan fingerprint density at radius 3 is 2.79 bits per heavy atom. The number of aromatic nitrogens is 2. The predicted molar refractivity (Wildman–Crippen MR) is 80.3 cm³/mol. The smallest absolute Gasteiger partial charge is 0.156 e. The van der Waals surface area contributed by atoms with Crippen molar-refractivity contribution in [1.29, 1.82) is 0 Å². The van der Waals surface area contributed by atoms with Gasteiger partial charge in [0.2, 0.25) is 0 Å². The van der Waals surface area contributed by atoms with Crippen molar-refractivity contribution >= 4 is 50.0 Å². The maximum absolute atomic E-state index is 6.18. The average molecular weight is 358 g/mol. The average Bonchev–Trinajstić information content (AvgIpc) is 2.80. The summed E-state index contributed by atoms with van der Waals surface area (Å²) in [7, 11) is 0. The van der Waals surface area contributed by atoms with Crippen LogP contribution in [0.3, 0.4) is 0 Å². The van der Waals surface area contributed by atoms with Crippen molar-refractivity contribution in [2.45, 2.75) is 0 Å². The second kappa shape index (κ2) is 5.04. The summed E-state index contributed by atoms with van der Waals surface area (Å²) in [6.45, 7) is 0. The van der Waals surface area contributed by atoms with Gasteiger partial charge >= 0.3 is 0 Å². The molecule has 2 aromatic carbocycles. The molecular weight excluding hydrogens is 351 g/mol. The van der Waals surface area contributed by atoms with E-state index in [1.165, 1.54) is 0 Å². The summed E-state index contributed by atoms with van der Waals surface area (Å²) in [6.07, 6.45) is 1.68. The lowest BCUT2D eigenvalue weighted by molar-refractivity contribution is 0.488. The molecule has 0 atom stereocenters. The van der Waals surface area contributed by atoms with E-state index in [1.807, 2.05) is 12.1 Å². The molecule has 0 bridgehead atoms. The van der Waals surface area contributed by atoms with Crippen molar-refractivity contribution in [2.75, 3.05) is 0 Å². The highest BCUT2D eigenvalue weighted by molar-refractivity contribution is 9.10. The van der Waals surface area contributed by atoms with Gasteiger partial charge in [-0.3, -0.25) is 5.10 Å². The second-order valence-corrected chi connectivity index (χ2v) is 5.67. The van der Waals surface area contributed by atoms with Crippen LogP contribution in [0.5, 0.6) is 11.5 Å². The third-order valence-corrected chi connectivity index (χ3v) is 3.56. The fraction of sp³-hybridized carbons (Fsp3) is 0. The third-order valence-electron chi connectivity index (χ3n) is 2.58. The number of rotatable bonds is 2. The number of benzene rings is 2. The molecule has 0 aliphatic rings. The van der Waals surface area contributed by atoms with Crippen LogP contribution >= 0.6 is 39.1 Å². The molecule has 0 unspecified atom stereocenters. The highest BCUT2D eigenvalue weighted by Crippen LogP contribution is 2.37. The van der Waals surface area contributed by atoms with Gasteiger partial charge in [-0.05, 0) is 30.3 Å². The maximum Gasteiger partial charge on any atom is 0.156 e. The zero-order valence-electron chi connectivity index (χ0n) is 9.45. The largest absolute Gasteiger partial charge is 0.455 e. The lowest BCUT2D eigenvalue weighted by Crippen LogP contribution is -1.87. The van der Waals surface area contributed by atoms with E-state index < -0.39 is 0 Å². The predicted octanol–water partition coefficient (Wildman–Crippen LogP) is 5.42. The molecule has 19 heavy (non-hydrogen) atoms. The molecule has 0 saturated heterocycles. The fourth-order valence-corrected chi connectivity index (χ4v) is 2.81. The number of fused-ring (bicyclic) bond motifs is 1. The Kier molecular flexibility index (Phi) is 3.39. The molecule has 3 nitrogen and oxygen atoms in total. The Balaban J connectivity index is 2.09. The van der Waals surface area contributed by atoms with Gasteiger partial charge in [0.25, 0.3) is 0 Å². The summed E-state index contributed by atoms with van der Waals surface area (Å²) in [5.74, 6) is 1.16. The van der Waals surface area contributed by atoms with Gasteiger partial charge in [-0.25, -0.2) is 0 Å². The summed E-state index contributed by atoms with van der Waals surface area (Å²) in [6, 6.07) is 8.94. The lowest BCUT2D eigenvalue weighted by Gasteiger charge is -2.09. The van der Waals surface area contributed by atoms with Crippen molar-refractivity contribution in [1.82, 2.24) is 10.2 Å². The van der Waals surface area contributed by atoms with Gasteiger partial charge in [-0.1, -0.05) is 39.1 Å². The van der Waals surface area contributed by atoms with Crippen LogP contribution in [-0.4, -0.2) is 10.2 Å². The molecule has 1 heterocycles. The monoisotopic (exact) mass is 356 g/mol. The molecule has 0 radical (unpaired) electrons. The topological polar surface area (TPSA) is 37.9 Å². The third kappa shape index (κ3) is 2.56. The summed E-state index contributed by atoms with van der Waals surface area (Å²) in [5.41, 5.74) is 0.862. The van der Waals surface area contributed by atoms with E-state index in [0.29, 0.717) is 21.5 Å². The Morgan fingerprint density at radius 1 is 1.16 bits per heavy atom. The summed E-state index contributed by atoms with van der Waals surface area (Å²) in [4.78, 5) is 0. The van der Waals surface area contributed by atoms with E-state index in [0.717, 1.165) is 15.4 Å². The first-order chi connectivity index (χ1) is 9.13. The number of nitrogens with one attached hydrogen (secondary N) is 1. The Labute approximate surface area is 127 Å². The number of aromatic amines is 1. The van der Waals surface area contributed by atoms with Gasteiger partial charge in [-0.15, -0.1) is 0 Å². The first-order valence-corrected chi connectivity index (χ1v) is 6.94. The van der Waals surface area contributed by atoms with Crippen LogP contribution in [-0.2, 0) is 0 Å². The number of halogens is 3. The number of hydrogen-bond donors (Lipinski definition) is 1. The number of nitrogens with zero attached hydrogens (tertiary/aromatic N) is 1. The van der Waals surface area contributed by atoms with Gasteiger partial charge < -0.3 is 4.74 Å². The van der Waals surface area contributed by atoms with Gasteiger partial charge in [0.15, 0.2) is 5.75 Å². The maximum atomic E-state index is 6.18. The summed E-state index contributed by atoms with van der Waals surface area (Å²) < 4.78 is 6.67. The summed E-state index contributed by atoms with van der Waals surface area (Å²) >= 11 is 15.5. The van der Waals surface area contributed by atoms with Gasteiger partial charge in [0.1, 0.15) is 5.75 Å². The van der Waals surface area contributed by atoms with E-state index in [1.54, 1.807) is 24.4 Å². The van der Waals surface area contributed by atoms with Crippen molar-refractivity contribution < 1.29 is 4.74 Å². The Bertz CT molecular complexity index is 737. The van der Waals surface area contributed by atoms with E-state index >= 15 is 0 Å². The first-order valence-electron chi connectivity index (χ1n) is 5.39. The molecule has 0 saturated carbocycles. The van der Waals surface area contributed by atoms with Crippen LogP contribution in [0.4, 0.5) is 0 Å². The molecule has 0 aliphatic carbocycles. The van der Waals surface area contributed by atoms with Gasteiger partial charge in [0, 0.05) is 9.50 Å². The normalized spacial score (nSPS) is 10.9. The number of hydrogen-bond acceptors (Lipinski definition) is 2. The van der Waals surface area contributed by atoms with Crippen LogP contribution in [0.2, 0.25) is 10.0 Å². The standard InChI is InChI=1S/C13H7BrCl2N2O/c14-7-3-8(15)5-9(4-7)19-13-10-6-17-18-12(10)2-1-11(13)16/h1-6H,(H,17,18). The van der Waals surface area contributed by atoms with Crippen LogP contribution in [0.25, 0.3) is 10.9 Å². The van der Waals surface area contributed by atoms with E-state index in [-0.39, 0.29) is 0 Å². The minimum absolute atomic E-state index is 0.519. The number of H-pyrrole nitrogens is 1. The quantitative estimate of drug-likeness (QED) is 0.664. The molecule has 0 amide bonds. The zero-order valence-corrected chi connectivity index (χ0v) is 12.6. The molecule has 0 aliphatic heterocycles. The highest BCUT2D eigenvalue weighted by Gasteiger charge is 2.11. The van der Waals surface area contributed by atoms with E-state index in [9.17, 15) is 0 Å². The lowest BCUT2D eigenvalue weighted by atomic mass is 10.2. The molecule has 96 valence electrons. The first kappa shape index (κ1) is 12.8. The van der Waals surface area contributed by atoms with Crippen LogP contribution in [0, 0.1) is 0 Å². The Hall–Kier alpha value is -1.23. The van der Waals surface area contributed by atoms with Crippen LogP contribution in [0.15, 0.2) is 41.0 Å². The Morgan fingerprint density at radius 2 is 2.00 bits per heavy atom. The zero-order chi connectivity index (χ0) is 13.4. The van der Waals surface area contributed by atoms with Crippen molar-refractivity contribution in [2.24, 2.45) is 0 Å². The number of ether oxygens (including phenoxy) is 1.